The number of rotatable bonds is 15. The Morgan fingerprint density at radius 3 is 2.08 bits per heavy atom. The molecular formula is C30H39N7O3. The van der Waals surface area contributed by atoms with Gasteiger partial charge in [-0.05, 0) is 30.0 Å². The normalized spacial score (nSPS) is 12.3. The van der Waals surface area contributed by atoms with Crippen LogP contribution >= 0.6 is 0 Å². The number of hydrogen-bond donors (Lipinski definition) is 5. The van der Waals surface area contributed by atoms with E-state index in [0.29, 0.717) is 25.9 Å². The molecule has 8 N–H and O–H groups in total. The number of aryl methyl sites for hydroxylation is 1. The maximum Gasteiger partial charge on any atom is 0.242 e. The third kappa shape index (κ3) is 9.57. The van der Waals surface area contributed by atoms with Gasteiger partial charge in [-0.25, -0.2) is 0 Å². The Morgan fingerprint density at radius 2 is 1.48 bits per heavy atom. The molecule has 0 spiro atoms. The maximum absolute atomic E-state index is 13.2. The van der Waals surface area contributed by atoms with Crippen molar-refractivity contribution in [2.75, 3.05) is 26.2 Å². The largest absolute Gasteiger partial charge is 0.350 e. The average molecular weight is 546 g/mol. The first kappa shape index (κ1) is 30.4. The summed E-state index contributed by atoms with van der Waals surface area (Å²) in [5.74, 6) is -1.23. The predicted octanol–water partition coefficient (Wildman–Crippen LogP) is 0.946. The number of carbonyl (C=O) groups excluding carboxylic acids is 3. The van der Waals surface area contributed by atoms with Crippen molar-refractivity contribution in [3.8, 4) is 11.3 Å². The number of aromatic nitrogens is 1. The molecule has 10 heteroatoms. The van der Waals surface area contributed by atoms with Gasteiger partial charge in [0.1, 0.15) is 6.04 Å². The molecule has 0 aliphatic rings. The van der Waals surface area contributed by atoms with Crippen LogP contribution in [0.25, 0.3) is 11.3 Å². The second-order valence-electron chi connectivity index (χ2n) is 9.49. The Morgan fingerprint density at radius 1 is 0.825 bits per heavy atom. The quantitative estimate of drug-likeness (QED) is 0.189. The van der Waals surface area contributed by atoms with E-state index in [2.05, 4.69) is 15.6 Å². The fourth-order valence-electron chi connectivity index (χ4n) is 4.21. The van der Waals surface area contributed by atoms with E-state index in [9.17, 15) is 14.4 Å². The Bertz CT molecular complexity index is 1200. The van der Waals surface area contributed by atoms with Gasteiger partial charge in [0.2, 0.25) is 17.7 Å². The second-order valence-corrected chi connectivity index (χ2v) is 9.49. The minimum absolute atomic E-state index is 0.210. The van der Waals surface area contributed by atoms with E-state index in [-0.39, 0.29) is 37.9 Å². The molecule has 2 atom stereocenters. The minimum atomic E-state index is -1.12. The first-order valence-corrected chi connectivity index (χ1v) is 13.5. The first-order valence-electron chi connectivity index (χ1n) is 13.5. The van der Waals surface area contributed by atoms with Gasteiger partial charge in [0, 0.05) is 44.5 Å². The van der Waals surface area contributed by atoms with Crippen molar-refractivity contribution in [1.82, 2.24) is 20.5 Å². The summed E-state index contributed by atoms with van der Waals surface area (Å²) in [6.45, 7) is 1.45. The summed E-state index contributed by atoms with van der Waals surface area (Å²) >= 11 is 0. The highest BCUT2D eigenvalue weighted by molar-refractivity contribution is 5.92. The number of nitrogens with two attached hydrogens (primary N) is 3. The van der Waals surface area contributed by atoms with Gasteiger partial charge in [0.25, 0.3) is 0 Å². The second kappa shape index (κ2) is 16.1. The zero-order valence-electron chi connectivity index (χ0n) is 22.7. The van der Waals surface area contributed by atoms with Gasteiger partial charge in [-0.3, -0.25) is 19.4 Å². The molecule has 0 radical (unpaired) electrons. The molecule has 0 aliphatic carbocycles. The third-order valence-electron chi connectivity index (χ3n) is 6.44. The maximum atomic E-state index is 13.2. The molecule has 10 nitrogen and oxygen atoms in total. The molecule has 0 saturated heterocycles. The van der Waals surface area contributed by atoms with E-state index in [1.165, 1.54) is 4.90 Å². The fourth-order valence-corrected chi connectivity index (χ4v) is 4.21. The monoisotopic (exact) mass is 545 g/mol. The molecule has 0 aliphatic heterocycles. The van der Waals surface area contributed by atoms with Crippen molar-refractivity contribution in [3.05, 3.63) is 90.1 Å². The minimum Gasteiger partial charge on any atom is -0.350 e. The fraction of sp³-hybridized carbons (Fsp3) is 0.333. The molecule has 0 bridgehead atoms. The van der Waals surface area contributed by atoms with Crippen LogP contribution < -0.4 is 27.8 Å². The summed E-state index contributed by atoms with van der Waals surface area (Å²) in [7, 11) is 0. The Kier molecular flexibility index (Phi) is 12.2. The van der Waals surface area contributed by atoms with Crippen molar-refractivity contribution in [2.24, 2.45) is 17.2 Å². The Labute approximate surface area is 235 Å². The van der Waals surface area contributed by atoms with E-state index in [1.807, 2.05) is 72.8 Å². The highest BCUT2D eigenvalue weighted by atomic mass is 16.2. The third-order valence-corrected chi connectivity index (χ3v) is 6.44. The number of hydrogen-bond acceptors (Lipinski definition) is 7. The summed E-state index contributed by atoms with van der Waals surface area (Å²) in [4.78, 5) is 44.7. The summed E-state index contributed by atoms with van der Waals surface area (Å²) < 4.78 is 0. The van der Waals surface area contributed by atoms with Crippen LogP contribution in [-0.2, 0) is 27.3 Å². The SMILES string of the molecule is NCCN(CCN)C(=O)CC(N)C(=O)NC(CCc1ccccc1)C(=O)NCc1ccc(-c2ccccc2)nc1. The van der Waals surface area contributed by atoms with Crippen LogP contribution in [0.3, 0.4) is 0 Å². The number of amides is 3. The zero-order chi connectivity index (χ0) is 28.7. The number of nitrogens with one attached hydrogen (secondary N) is 2. The van der Waals surface area contributed by atoms with Gasteiger partial charge >= 0.3 is 0 Å². The van der Waals surface area contributed by atoms with Gasteiger partial charge in [-0.15, -0.1) is 0 Å². The molecule has 40 heavy (non-hydrogen) atoms. The van der Waals surface area contributed by atoms with Gasteiger partial charge in [-0.1, -0.05) is 66.7 Å². The van der Waals surface area contributed by atoms with Crippen LogP contribution in [0.15, 0.2) is 79.0 Å². The number of nitrogens with zero attached hydrogens (tertiary/aromatic N) is 2. The average Bonchev–Trinajstić information content (AvgIpc) is 2.99. The van der Waals surface area contributed by atoms with Crippen molar-refractivity contribution < 1.29 is 14.4 Å². The molecule has 0 saturated carbocycles. The van der Waals surface area contributed by atoms with E-state index in [4.69, 9.17) is 17.2 Å². The van der Waals surface area contributed by atoms with Crippen molar-refractivity contribution in [3.63, 3.8) is 0 Å². The number of carbonyl (C=O) groups is 3. The van der Waals surface area contributed by atoms with Crippen LogP contribution in [-0.4, -0.2) is 65.9 Å². The molecule has 3 amide bonds. The molecule has 2 aromatic carbocycles. The van der Waals surface area contributed by atoms with E-state index in [1.54, 1.807) is 6.20 Å². The Balaban J connectivity index is 1.62. The van der Waals surface area contributed by atoms with Crippen LogP contribution in [0.1, 0.15) is 24.0 Å². The molecule has 0 fully saturated rings. The lowest BCUT2D eigenvalue weighted by Gasteiger charge is -2.24. The highest BCUT2D eigenvalue weighted by Gasteiger charge is 2.26. The lowest BCUT2D eigenvalue weighted by atomic mass is 10.0. The highest BCUT2D eigenvalue weighted by Crippen LogP contribution is 2.16. The molecule has 3 aromatic rings. The summed E-state index contributed by atoms with van der Waals surface area (Å²) in [5, 5.41) is 5.64. The topological polar surface area (TPSA) is 169 Å². The lowest BCUT2D eigenvalue weighted by molar-refractivity contribution is -0.135. The molecular weight excluding hydrogens is 506 g/mol. The standard InChI is InChI=1S/C30H39N7O3/c31-15-17-37(18-16-32)28(38)19-25(33)29(39)36-27(14-11-22-7-3-1-4-8-22)30(40)35-21-23-12-13-26(34-20-23)24-9-5-2-6-10-24/h1-10,12-13,20,25,27H,11,14-19,21,31-33H2,(H,35,40)(H,36,39). The van der Waals surface area contributed by atoms with Crippen LogP contribution in [0.5, 0.6) is 0 Å². The summed E-state index contributed by atoms with van der Waals surface area (Å²) in [6.07, 6.45) is 2.44. The lowest BCUT2D eigenvalue weighted by Crippen LogP contribution is -2.53. The van der Waals surface area contributed by atoms with Gasteiger partial charge in [-0.2, -0.15) is 0 Å². The van der Waals surface area contributed by atoms with Crippen LogP contribution in [0, 0.1) is 0 Å². The predicted molar refractivity (Wildman–Crippen MR) is 155 cm³/mol. The summed E-state index contributed by atoms with van der Waals surface area (Å²) in [6, 6.07) is 21.4. The molecule has 212 valence electrons. The van der Waals surface area contributed by atoms with Crippen molar-refractivity contribution >= 4 is 17.7 Å². The van der Waals surface area contributed by atoms with Gasteiger partial charge in [0.15, 0.2) is 0 Å². The summed E-state index contributed by atoms with van der Waals surface area (Å²) in [5.41, 5.74) is 20.9. The molecule has 1 heterocycles. The first-order chi connectivity index (χ1) is 19.4. The van der Waals surface area contributed by atoms with Gasteiger partial charge in [0.05, 0.1) is 18.2 Å². The van der Waals surface area contributed by atoms with Crippen LogP contribution in [0.4, 0.5) is 0 Å². The van der Waals surface area contributed by atoms with Crippen molar-refractivity contribution in [1.29, 1.82) is 0 Å². The molecule has 1 aromatic heterocycles. The number of benzene rings is 2. The Hall–Kier alpha value is -4.12. The smallest absolute Gasteiger partial charge is 0.242 e. The van der Waals surface area contributed by atoms with E-state index >= 15 is 0 Å². The molecule has 2 unspecified atom stereocenters. The van der Waals surface area contributed by atoms with Crippen molar-refractivity contribution in [2.45, 2.75) is 37.9 Å². The van der Waals surface area contributed by atoms with E-state index < -0.39 is 18.0 Å². The number of pyridine rings is 1. The zero-order valence-corrected chi connectivity index (χ0v) is 22.7. The van der Waals surface area contributed by atoms with Gasteiger partial charge < -0.3 is 32.7 Å². The molecule has 3 rings (SSSR count). The van der Waals surface area contributed by atoms with Crippen LogP contribution in [0.2, 0.25) is 0 Å². The van der Waals surface area contributed by atoms with E-state index in [0.717, 1.165) is 22.4 Å².